The molecular formula is C19H22N2O4S. The van der Waals surface area contributed by atoms with Gasteiger partial charge >= 0.3 is 11.9 Å². The van der Waals surface area contributed by atoms with Crippen molar-refractivity contribution < 1.29 is 19.4 Å². The topological polar surface area (TPSA) is 88.5 Å². The van der Waals surface area contributed by atoms with Gasteiger partial charge in [-0.2, -0.15) is 0 Å². The van der Waals surface area contributed by atoms with Gasteiger partial charge in [0.2, 0.25) is 0 Å². The number of carboxylic acid groups (broad SMARTS) is 1. The monoisotopic (exact) mass is 374 g/mol. The third kappa shape index (κ3) is 4.11. The lowest BCUT2D eigenvalue weighted by molar-refractivity contribution is -0.145. The Kier molecular flexibility index (Phi) is 6.00. The fourth-order valence-electron chi connectivity index (χ4n) is 2.85. The van der Waals surface area contributed by atoms with Crippen LogP contribution >= 0.6 is 11.3 Å². The van der Waals surface area contributed by atoms with Crippen LogP contribution in [0.15, 0.2) is 24.3 Å². The third-order valence-corrected chi connectivity index (χ3v) is 5.52. The highest BCUT2D eigenvalue weighted by atomic mass is 32.1. The number of esters is 1. The highest BCUT2D eigenvalue weighted by Crippen LogP contribution is 2.34. The number of ether oxygens (including phenoxy) is 1. The molecule has 3 rings (SSSR count). The molecule has 0 spiro atoms. The zero-order valence-corrected chi connectivity index (χ0v) is 15.5. The lowest BCUT2D eigenvalue weighted by Crippen LogP contribution is -2.27. The Labute approximate surface area is 156 Å². The summed E-state index contributed by atoms with van der Waals surface area (Å²) in [6, 6.07) is 6.66. The van der Waals surface area contributed by atoms with Gasteiger partial charge in [-0.25, -0.2) is 9.78 Å². The van der Waals surface area contributed by atoms with Crippen molar-refractivity contribution >= 4 is 23.3 Å². The van der Waals surface area contributed by atoms with Crippen LogP contribution in [0.3, 0.4) is 0 Å². The minimum absolute atomic E-state index is 0.229. The van der Waals surface area contributed by atoms with E-state index in [4.69, 9.17) is 14.8 Å². The summed E-state index contributed by atoms with van der Waals surface area (Å²) in [7, 11) is 0. The average molecular weight is 374 g/mol. The Hall–Kier alpha value is -2.25. The van der Waals surface area contributed by atoms with E-state index in [1.54, 1.807) is 35.6 Å². The van der Waals surface area contributed by atoms with Gasteiger partial charge in [0.1, 0.15) is 10.9 Å². The largest absolute Gasteiger partial charge is 0.478 e. The van der Waals surface area contributed by atoms with E-state index in [2.05, 4.69) is 12.2 Å². The van der Waals surface area contributed by atoms with Crippen LogP contribution in [0.25, 0.3) is 10.6 Å². The minimum Gasteiger partial charge on any atom is -0.478 e. The Balaban J connectivity index is 1.85. The van der Waals surface area contributed by atoms with Crippen molar-refractivity contribution in [2.75, 3.05) is 19.7 Å². The van der Waals surface area contributed by atoms with E-state index in [1.165, 1.54) is 0 Å². The van der Waals surface area contributed by atoms with Gasteiger partial charge in [0, 0.05) is 23.5 Å². The normalized spacial score (nSPS) is 16.6. The third-order valence-electron chi connectivity index (χ3n) is 4.34. The molecule has 1 atom stereocenters. The van der Waals surface area contributed by atoms with Crippen LogP contribution in [-0.2, 0) is 16.0 Å². The number of fused-ring (bicyclic) bond motifs is 1. The molecule has 0 saturated carbocycles. The predicted octanol–water partition coefficient (Wildman–Crippen LogP) is 3.08. The molecule has 2 N–H and O–H groups in total. The van der Waals surface area contributed by atoms with Crippen molar-refractivity contribution in [2.24, 2.45) is 0 Å². The van der Waals surface area contributed by atoms with Crippen molar-refractivity contribution in [3.8, 4) is 10.6 Å². The smallest absolute Gasteiger partial charge is 0.335 e. The van der Waals surface area contributed by atoms with E-state index in [1.807, 2.05) is 0 Å². The van der Waals surface area contributed by atoms with Crippen LogP contribution in [0, 0.1) is 0 Å². The molecule has 7 heteroatoms. The fraction of sp³-hybridized carbons (Fsp3) is 0.421. The molecule has 1 unspecified atom stereocenters. The summed E-state index contributed by atoms with van der Waals surface area (Å²) in [6.07, 6.45) is 2.66. The van der Waals surface area contributed by atoms with E-state index < -0.39 is 11.9 Å². The molecule has 2 heterocycles. The Morgan fingerprint density at radius 1 is 1.35 bits per heavy atom. The summed E-state index contributed by atoms with van der Waals surface area (Å²) in [4.78, 5) is 29.3. The molecule has 0 aliphatic carbocycles. The summed E-state index contributed by atoms with van der Waals surface area (Å²) < 4.78 is 5.41. The highest BCUT2D eigenvalue weighted by Gasteiger charge is 2.30. The molecule has 2 aromatic rings. The number of hydrogen-bond acceptors (Lipinski definition) is 6. The van der Waals surface area contributed by atoms with E-state index in [0.29, 0.717) is 13.2 Å². The molecule has 1 aromatic carbocycles. The number of aromatic nitrogens is 1. The zero-order valence-electron chi connectivity index (χ0n) is 14.7. The quantitative estimate of drug-likeness (QED) is 0.597. The first kappa shape index (κ1) is 18.5. The lowest BCUT2D eigenvalue weighted by Gasteiger charge is -2.13. The van der Waals surface area contributed by atoms with Crippen molar-refractivity contribution in [1.82, 2.24) is 10.3 Å². The number of aromatic carboxylic acids is 1. The molecule has 6 nitrogen and oxygen atoms in total. The number of rotatable bonds is 6. The van der Waals surface area contributed by atoms with Gasteiger partial charge in [-0.1, -0.05) is 25.5 Å². The number of nitrogens with one attached hydrogen (secondary N) is 1. The first-order chi connectivity index (χ1) is 12.6. The highest BCUT2D eigenvalue weighted by molar-refractivity contribution is 7.15. The number of nitrogens with zero attached hydrogens (tertiary/aromatic N) is 1. The van der Waals surface area contributed by atoms with E-state index in [9.17, 15) is 9.59 Å². The Morgan fingerprint density at radius 2 is 2.12 bits per heavy atom. The molecule has 0 fully saturated rings. The van der Waals surface area contributed by atoms with Gasteiger partial charge < -0.3 is 15.2 Å². The average Bonchev–Trinajstić information content (AvgIpc) is 2.96. The van der Waals surface area contributed by atoms with E-state index >= 15 is 0 Å². The first-order valence-corrected chi connectivity index (χ1v) is 9.62. The summed E-state index contributed by atoms with van der Waals surface area (Å²) >= 11 is 1.56. The summed E-state index contributed by atoms with van der Waals surface area (Å²) in [5, 5.41) is 13.1. The predicted molar refractivity (Wildman–Crippen MR) is 99.7 cm³/mol. The fourth-order valence-corrected chi connectivity index (χ4v) is 3.98. The Morgan fingerprint density at radius 3 is 2.81 bits per heavy atom. The second kappa shape index (κ2) is 8.42. The molecule has 1 aromatic heterocycles. The van der Waals surface area contributed by atoms with Gasteiger partial charge in [0.05, 0.1) is 17.9 Å². The molecule has 0 amide bonds. The maximum atomic E-state index is 12.5. The Bertz CT molecular complexity index is 785. The van der Waals surface area contributed by atoms with Crippen molar-refractivity contribution in [3.05, 3.63) is 40.4 Å². The number of carbonyl (C=O) groups is 2. The van der Waals surface area contributed by atoms with Crippen molar-refractivity contribution in [3.63, 3.8) is 0 Å². The summed E-state index contributed by atoms with van der Waals surface area (Å²) in [5.74, 6) is -1.58. The second-order valence-electron chi connectivity index (χ2n) is 6.24. The zero-order chi connectivity index (χ0) is 18.5. The van der Waals surface area contributed by atoms with Gasteiger partial charge in [0.25, 0.3) is 0 Å². The van der Waals surface area contributed by atoms with Crippen LogP contribution in [-0.4, -0.2) is 41.7 Å². The second-order valence-corrected chi connectivity index (χ2v) is 7.32. The van der Waals surface area contributed by atoms with Gasteiger partial charge in [-0.05, 0) is 25.0 Å². The molecular weight excluding hydrogens is 352 g/mol. The van der Waals surface area contributed by atoms with Crippen LogP contribution in [0.4, 0.5) is 0 Å². The summed E-state index contributed by atoms with van der Waals surface area (Å²) in [6.45, 7) is 3.82. The van der Waals surface area contributed by atoms with Gasteiger partial charge in [0.15, 0.2) is 0 Å². The number of carboxylic acids is 1. The van der Waals surface area contributed by atoms with Crippen molar-refractivity contribution in [1.29, 1.82) is 0 Å². The molecule has 0 bridgehead atoms. The molecule has 138 valence electrons. The van der Waals surface area contributed by atoms with E-state index in [-0.39, 0.29) is 11.5 Å². The lowest BCUT2D eigenvalue weighted by atomic mass is 10.1. The number of unbranched alkanes of at least 4 members (excludes halogenated alkanes) is 1. The van der Waals surface area contributed by atoms with E-state index in [0.717, 1.165) is 46.9 Å². The van der Waals surface area contributed by atoms with Gasteiger partial charge in [-0.3, -0.25) is 4.79 Å². The summed E-state index contributed by atoms with van der Waals surface area (Å²) in [5.41, 5.74) is 1.89. The SMILES string of the molecule is CCCCOC(=O)C1CNCCc2sc(-c3ccc(C(=O)O)cc3)nc21. The number of carbonyl (C=O) groups excluding carboxylic acids is 1. The standard InChI is InChI=1S/C19H22N2O4S/c1-2-3-10-25-19(24)14-11-20-9-8-15-16(14)21-17(26-15)12-4-6-13(7-5-12)18(22)23/h4-7,14,20H,2-3,8-11H2,1H3,(H,22,23). The molecule has 1 aliphatic heterocycles. The number of hydrogen-bond donors (Lipinski definition) is 2. The number of thiazole rings is 1. The first-order valence-electron chi connectivity index (χ1n) is 8.80. The molecule has 1 aliphatic rings. The van der Waals surface area contributed by atoms with Crippen molar-refractivity contribution in [2.45, 2.75) is 32.1 Å². The maximum Gasteiger partial charge on any atom is 0.335 e. The van der Waals surface area contributed by atoms with Gasteiger partial charge in [-0.15, -0.1) is 11.3 Å². The maximum absolute atomic E-state index is 12.5. The number of benzene rings is 1. The molecule has 0 radical (unpaired) electrons. The van der Waals surface area contributed by atoms with Crippen LogP contribution < -0.4 is 5.32 Å². The minimum atomic E-state index is -0.951. The van der Waals surface area contributed by atoms with Crippen LogP contribution in [0.2, 0.25) is 0 Å². The molecule has 26 heavy (non-hydrogen) atoms. The van der Waals surface area contributed by atoms with Crippen LogP contribution in [0.5, 0.6) is 0 Å². The molecule has 0 saturated heterocycles. The van der Waals surface area contributed by atoms with Crippen LogP contribution in [0.1, 0.15) is 46.6 Å².